The van der Waals surface area contributed by atoms with Gasteiger partial charge in [-0.3, -0.25) is 4.99 Å². The van der Waals surface area contributed by atoms with Crippen molar-refractivity contribution in [2.75, 3.05) is 20.7 Å². The number of carbonyl (C=O) groups is 1. The number of hydrogen-bond donors (Lipinski definition) is 0. The first-order chi connectivity index (χ1) is 6.97. The highest BCUT2D eigenvalue weighted by Gasteiger charge is 2.08. The zero-order valence-corrected chi connectivity index (χ0v) is 10.2. The summed E-state index contributed by atoms with van der Waals surface area (Å²) in [6, 6.07) is 0. The zero-order chi connectivity index (χ0) is 11.8. The fourth-order valence-electron chi connectivity index (χ4n) is 0.818. The van der Waals surface area contributed by atoms with E-state index in [4.69, 9.17) is 4.74 Å². The van der Waals surface area contributed by atoms with Crippen LogP contribution >= 0.6 is 0 Å². The second-order valence-corrected chi connectivity index (χ2v) is 3.72. The molecule has 0 aliphatic rings. The van der Waals surface area contributed by atoms with E-state index in [1.165, 1.54) is 0 Å². The molecule has 0 aliphatic carbocycles. The Morgan fingerprint density at radius 3 is 2.47 bits per heavy atom. The van der Waals surface area contributed by atoms with E-state index in [9.17, 15) is 4.79 Å². The van der Waals surface area contributed by atoms with Gasteiger partial charge in [0.1, 0.15) is 0 Å². The van der Waals surface area contributed by atoms with Gasteiger partial charge in [0.15, 0.2) is 5.70 Å². The standard InChI is InChI=1S/C11H20N2O2/c1-6-15-11(14)10(8-13(4)5)12-7-9(2)3/h7-9H,6H2,1-5H3. The Balaban J connectivity index is 4.66. The van der Waals surface area contributed by atoms with Crippen molar-refractivity contribution in [1.29, 1.82) is 0 Å². The van der Waals surface area contributed by atoms with E-state index in [1.54, 1.807) is 24.2 Å². The highest BCUT2D eigenvalue weighted by molar-refractivity contribution is 5.89. The lowest BCUT2D eigenvalue weighted by Gasteiger charge is -2.07. The number of rotatable bonds is 5. The summed E-state index contributed by atoms with van der Waals surface area (Å²) in [6.07, 6.45) is 3.38. The SMILES string of the molecule is CCOC(=O)C(=CN(C)C)N=CC(C)C. The van der Waals surface area contributed by atoms with E-state index in [2.05, 4.69) is 4.99 Å². The molecule has 86 valence electrons. The normalized spacial score (nSPS) is 12.3. The molecule has 0 radical (unpaired) electrons. The van der Waals surface area contributed by atoms with Gasteiger partial charge in [0.2, 0.25) is 0 Å². The first-order valence-electron chi connectivity index (χ1n) is 5.07. The van der Waals surface area contributed by atoms with Crippen LogP contribution in [-0.4, -0.2) is 37.8 Å². The van der Waals surface area contributed by atoms with Crippen molar-refractivity contribution in [3.05, 3.63) is 11.9 Å². The Kier molecular flexibility index (Phi) is 6.42. The van der Waals surface area contributed by atoms with Crippen LogP contribution in [0.15, 0.2) is 16.9 Å². The summed E-state index contributed by atoms with van der Waals surface area (Å²) in [5, 5.41) is 0. The molecule has 4 heteroatoms. The maximum Gasteiger partial charge on any atom is 0.358 e. The number of aliphatic imine (C=N–C) groups is 1. The summed E-state index contributed by atoms with van der Waals surface area (Å²) in [5.74, 6) is -0.0758. The largest absolute Gasteiger partial charge is 0.461 e. The molecule has 15 heavy (non-hydrogen) atoms. The average molecular weight is 212 g/mol. The van der Waals surface area contributed by atoms with E-state index in [0.29, 0.717) is 18.2 Å². The van der Waals surface area contributed by atoms with Crippen LogP contribution in [0.5, 0.6) is 0 Å². The number of hydrogen-bond acceptors (Lipinski definition) is 4. The van der Waals surface area contributed by atoms with E-state index in [-0.39, 0.29) is 5.97 Å². The van der Waals surface area contributed by atoms with Crippen LogP contribution < -0.4 is 0 Å². The molecule has 0 saturated heterocycles. The predicted molar refractivity (Wildman–Crippen MR) is 61.7 cm³/mol. The third-order valence-electron chi connectivity index (χ3n) is 1.38. The molecular weight excluding hydrogens is 192 g/mol. The third kappa shape index (κ3) is 6.71. The lowest BCUT2D eigenvalue weighted by molar-refractivity contribution is -0.138. The molecule has 4 nitrogen and oxygen atoms in total. The van der Waals surface area contributed by atoms with Gasteiger partial charge in [0.25, 0.3) is 0 Å². The average Bonchev–Trinajstić information content (AvgIpc) is 2.11. The van der Waals surface area contributed by atoms with E-state index in [0.717, 1.165) is 0 Å². The fourth-order valence-corrected chi connectivity index (χ4v) is 0.818. The minimum atomic E-state index is -0.386. The molecule has 0 heterocycles. The number of nitrogens with zero attached hydrogens (tertiary/aromatic N) is 2. The topological polar surface area (TPSA) is 41.9 Å². The Labute approximate surface area is 91.6 Å². The third-order valence-corrected chi connectivity index (χ3v) is 1.38. The van der Waals surface area contributed by atoms with Crippen molar-refractivity contribution in [2.24, 2.45) is 10.9 Å². The highest BCUT2D eigenvalue weighted by atomic mass is 16.5. The number of esters is 1. The van der Waals surface area contributed by atoms with Crippen LogP contribution in [-0.2, 0) is 9.53 Å². The molecule has 0 fully saturated rings. The molecule has 0 unspecified atom stereocenters. The molecule has 0 saturated carbocycles. The first kappa shape index (κ1) is 13.7. The van der Waals surface area contributed by atoms with Gasteiger partial charge in [-0.05, 0) is 12.8 Å². The second-order valence-electron chi connectivity index (χ2n) is 3.72. The predicted octanol–water partition coefficient (Wildman–Crippen LogP) is 1.68. The number of carbonyl (C=O) groups excluding carboxylic acids is 1. The summed E-state index contributed by atoms with van der Waals surface area (Å²) in [7, 11) is 3.67. The van der Waals surface area contributed by atoms with Crippen molar-refractivity contribution in [3.8, 4) is 0 Å². The molecule has 0 spiro atoms. The molecule has 0 N–H and O–H groups in total. The summed E-state index contributed by atoms with van der Waals surface area (Å²) in [6.45, 7) is 6.14. The van der Waals surface area contributed by atoms with Crippen LogP contribution in [0.4, 0.5) is 0 Å². The van der Waals surface area contributed by atoms with Crippen LogP contribution in [0.25, 0.3) is 0 Å². The molecule has 0 atom stereocenters. The monoisotopic (exact) mass is 212 g/mol. The van der Waals surface area contributed by atoms with E-state index in [1.807, 2.05) is 27.9 Å². The van der Waals surface area contributed by atoms with Gasteiger partial charge in [-0.25, -0.2) is 4.79 Å². The molecule has 0 aliphatic heterocycles. The lowest BCUT2D eigenvalue weighted by atomic mass is 10.2. The van der Waals surface area contributed by atoms with Crippen molar-refractivity contribution < 1.29 is 9.53 Å². The van der Waals surface area contributed by atoms with Gasteiger partial charge < -0.3 is 9.64 Å². The van der Waals surface area contributed by atoms with Gasteiger partial charge in [-0.1, -0.05) is 13.8 Å². The Morgan fingerprint density at radius 2 is 2.07 bits per heavy atom. The van der Waals surface area contributed by atoms with Crippen molar-refractivity contribution in [2.45, 2.75) is 20.8 Å². The van der Waals surface area contributed by atoms with Crippen molar-refractivity contribution in [3.63, 3.8) is 0 Å². The van der Waals surface area contributed by atoms with Gasteiger partial charge in [0, 0.05) is 26.5 Å². The molecule has 0 rings (SSSR count). The van der Waals surface area contributed by atoms with Gasteiger partial charge in [0.05, 0.1) is 6.61 Å². The fraction of sp³-hybridized carbons (Fsp3) is 0.636. The van der Waals surface area contributed by atoms with E-state index < -0.39 is 0 Å². The minimum absolute atomic E-state index is 0.310. The molecule has 0 amide bonds. The second kappa shape index (κ2) is 7.04. The molecule has 0 bridgehead atoms. The summed E-state index contributed by atoms with van der Waals surface area (Å²) in [4.78, 5) is 17.3. The molecule has 0 aromatic heterocycles. The number of ether oxygens (including phenoxy) is 1. The van der Waals surface area contributed by atoms with E-state index >= 15 is 0 Å². The first-order valence-corrected chi connectivity index (χ1v) is 5.07. The quantitative estimate of drug-likeness (QED) is 0.395. The summed E-state index contributed by atoms with van der Waals surface area (Å²) >= 11 is 0. The van der Waals surface area contributed by atoms with Crippen LogP contribution in [0.1, 0.15) is 20.8 Å². The van der Waals surface area contributed by atoms with Crippen LogP contribution in [0.2, 0.25) is 0 Å². The molecule has 0 aromatic rings. The van der Waals surface area contributed by atoms with Crippen LogP contribution in [0, 0.1) is 5.92 Å². The maximum absolute atomic E-state index is 11.5. The molecule has 0 aromatic carbocycles. The van der Waals surface area contributed by atoms with Gasteiger partial charge in [-0.15, -0.1) is 0 Å². The maximum atomic E-state index is 11.5. The van der Waals surface area contributed by atoms with Gasteiger partial charge in [-0.2, -0.15) is 0 Å². The Hall–Kier alpha value is -1.32. The minimum Gasteiger partial charge on any atom is -0.461 e. The van der Waals surface area contributed by atoms with Gasteiger partial charge >= 0.3 is 5.97 Å². The smallest absolute Gasteiger partial charge is 0.358 e. The Bertz CT molecular complexity index is 255. The lowest BCUT2D eigenvalue weighted by Crippen LogP contribution is -2.11. The highest BCUT2D eigenvalue weighted by Crippen LogP contribution is 2.02. The van der Waals surface area contributed by atoms with Crippen molar-refractivity contribution in [1.82, 2.24) is 4.90 Å². The molecular formula is C11H20N2O2. The summed E-state index contributed by atoms with van der Waals surface area (Å²) in [5.41, 5.74) is 0.329. The zero-order valence-electron chi connectivity index (χ0n) is 10.2. The summed E-state index contributed by atoms with van der Waals surface area (Å²) < 4.78 is 4.89. The van der Waals surface area contributed by atoms with Crippen LogP contribution in [0.3, 0.4) is 0 Å². The van der Waals surface area contributed by atoms with Crippen molar-refractivity contribution >= 4 is 12.2 Å². The Morgan fingerprint density at radius 1 is 1.47 bits per heavy atom.